The molecular weight excluding hydrogens is 467 g/mol. The molecule has 178 valence electrons. The van der Waals surface area contributed by atoms with Crippen LogP contribution in [0.1, 0.15) is 34.7 Å². The van der Waals surface area contributed by atoms with Gasteiger partial charge < -0.3 is 5.11 Å². The molecule has 1 aliphatic rings. The maximum Gasteiger partial charge on any atom is 0.184 e. The summed E-state index contributed by atoms with van der Waals surface area (Å²) in [5.74, 6) is -0.691. The maximum atomic E-state index is 13.0. The third-order valence-corrected chi connectivity index (χ3v) is 8.12. The highest BCUT2D eigenvalue weighted by Gasteiger charge is 2.43. The average Bonchev–Trinajstić information content (AvgIpc) is 3.66. The number of hydrogen-bond donors (Lipinski definition) is 1. The molecule has 35 heavy (non-hydrogen) atoms. The zero-order valence-electron chi connectivity index (χ0n) is 18.8. The molecule has 1 saturated carbocycles. The Bertz CT molecular complexity index is 1500. The molecule has 2 heterocycles. The van der Waals surface area contributed by atoms with Crippen molar-refractivity contribution in [3.63, 3.8) is 0 Å². The lowest BCUT2D eigenvalue weighted by Crippen LogP contribution is -2.07. The van der Waals surface area contributed by atoms with Crippen molar-refractivity contribution in [3.05, 3.63) is 101 Å². The second kappa shape index (κ2) is 9.28. The molecule has 1 aliphatic carbocycles. The van der Waals surface area contributed by atoms with E-state index >= 15 is 0 Å². The first-order chi connectivity index (χ1) is 16.8. The molecule has 0 radical (unpaired) electrons. The fourth-order valence-electron chi connectivity index (χ4n) is 4.45. The van der Waals surface area contributed by atoms with E-state index in [4.69, 9.17) is 0 Å². The summed E-state index contributed by atoms with van der Waals surface area (Å²) in [6.07, 6.45) is 5.41. The topological polar surface area (TPSA) is 97.2 Å². The third-order valence-electron chi connectivity index (χ3n) is 6.45. The Hall–Kier alpha value is -3.49. The van der Waals surface area contributed by atoms with Crippen LogP contribution in [0.5, 0.6) is 0 Å². The Kier molecular flexibility index (Phi) is 6.17. The van der Waals surface area contributed by atoms with Gasteiger partial charge in [-0.05, 0) is 53.1 Å². The Labute approximate surface area is 202 Å². The van der Waals surface area contributed by atoms with Gasteiger partial charge >= 0.3 is 0 Å². The van der Waals surface area contributed by atoms with Gasteiger partial charge in [0.25, 0.3) is 0 Å². The lowest BCUT2D eigenvalue weighted by Gasteiger charge is -2.07. The van der Waals surface area contributed by atoms with Gasteiger partial charge in [-0.2, -0.15) is 0 Å². The van der Waals surface area contributed by atoms with Crippen molar-refractivity contribution in [1.82, 2.24) is 9.97 Å². The summed E-state index contributed by atoms with van der Waals surface area (Å²) >= 11 is 0. The highest BCUT2D eigenvalue weighted by atomic mass is 32.2. The Morgan fingerprint density at radius 3 is 2.54 bits per heavy atom. The molecule has 0 saturated heterocycles. The molecule has 2 aromatic heterocycles. The number of aliphatic hydroxyl groups excluding tert-OH is 1. The van der Waals surface area contributed by atoms with Crippen molar-refractivity contribution in [2.24, 2.45) is 5.92 Å². The molecule has 0 spiro atoms. The number of fused-ring (bicyclic) bond motifs is 1. The van der Waals surface area contributed by atoms with Gasteiger partial charge in [-0.25, -0.2) is 12.8 Å². The first kappa shape index (κ1) is 23.3. The predicted molar refractivity (Wildman–Crippen MR) is 129 cm³/mol. The van der Waals surface area contributed by atoms with Crippen LogP contribution in [0, 0.1) is 11.7 Å². The standard InChI is InChI=1S/C27H23FN2O4S/c28-21-5-6-22(30-14-21)16-35(33,34)23-7-3-18(4-8-23)25-11-26(25)27(32)10-17-1-2-19-12-29-13-20(15-31)24(19)9-17/h1-9,12-14,25-26,31H,10-11,15-16H2/t25?,26-/m1/s1. The number of aliphatic hydroxyl groups is 1. The van der Waals surface area contributed by atoms with Crippen LogP contribution in [0.25, 0.3) is 10.8 Å². The van der Waals surface area contributed by atoms with Crippen molar-refractivity contribution < 1.29 is 22.7 Å². The smallest absolute Gasteiger partial charge is 0.184 e. The number of halogens is 1. The van der Waals surface area contributed by atoms with Gasteiger partial charge in [-0.3, -0.25) is 14.8 Å². The number of rotatable bonds is 8. The van der Waals surface area contributed by atoms with Gasteiger partial charge in [-0.1, -0.05) is 30.3 Å². The number of benzene rings is 2. The summed E-state index contributed by atoms with van der Waals surface area (Å²) in [4.78, 5) is 21.0. The number of aromatic nitrogens is 2. The lowest BCUT2D eigenvalue weighted by molar-refractivity contribution is -0.119. The Morgan fingerprint density at radius 2 is 1.83 bits per heavy atom. The fraction of sp³-hybridized carbons (Fsp3) is 0.222. The molecule has 4 aromatic rings. The Morgan fingerprint density at radius 1 is 1.03 bits per heavy atom. The summed E-state index contributed by atoms with van der Waals surface area (Å²) in [5, 5.41) is 11.4. The number of sulfone groups is 1. The van der Waals surface area contributed by atoms with Crippen molar-refractivity contribution >= 4 is 26.4 Å². The predicted octanol–water partition coefficient (Wildman–Crippen LogP) is 4.15. The summed E-state index contributed by atoms with van der Waals surface area (Å²) < 4.78 is 38.4. The van der Waals surface area contributed by atoms with Gasteiger partial charge in [-0.15, -0.1) is 0 Å². The van der Waals surface area contributed by atoms with Crippen LogP contribution >= 0.6 is 0 Å². The van der Waals surface area contributed by atoms with E-state index in [9.17, 15) is 22.7 Å². The molecule has 2 aromatic carbocycles. The number of ketones is 1. The van der Waals surface area contributed by atoms with E-state index in [0.29, 0.717) is 6.42 Å². The molecule has 5 rings (SSSR count). The minimum absolute atomic E-state index is 0.0793. The van der Waals surface area contributed by atoms with E-state index in [1.54, 1.807) is 36.7 Å². The summed E-state index contributed by atoms with van der Waals surface area (Å²) in [6.45, 7) is -0.113. The highest BCUT2D eigenvalue weighted by molar-refractivity contribution is 7.90. The van der Waals surface area contributed by atoms with Crippen molar-refractivity contribution in [2.45, 2.75) is 36.0 Å². The molecular formula is C27H23FN2O4S. The number of hydrogen-bond acceptors (Lipinski definition) is 6. The summed E-state index contributed by atoms with van der Waals surface area (Å²) in [5.41, 5.74) is 2.84. The van der Waals surface area contributed by atoms with Crippen LogP contribution < -0.4 is 0 Å². The minimum atomic E-state index is -3.62. The second-order valence-electron chi connectivity index (χ2n) is 8.90. The molecule has 1 N–H and O–H groups in total. The van der Waals surface area contributed by atoms with Crippen LogP contribution in [0.2, 0.25) is 0 Å². The Balaban J connectivity index is 1.24. The largest absolute Gasteiger partial charge is 0.392 e. The number of Topliss-reactive ketones (excluding diaryl/α,β-unsaturated/α-hetero) is 1. The first-order valence-electron chi connectivity index (χ1n) is 11.3. The van der Waals surface area contributed by atoms with Gasteiger partial charge in [0.15, 0.2) is 9.84 Å². The van der Waals surface area contributed by atoms with E-state index in [-0.39, 0.29) is 40.6 Å². The van der Waals surface area contributed by atoms with Crippen molar-refractivity contribution in [1.29, 1.82) is 0 Å². The van der Waals surface area contributed by atoms with E-state index in [0.717, 1.165) is 40.1 Å². The molecule has 0 aliphatic heterocycles. The molecule has 1 fully saturated rings. The first-order valence-corrected chi connectivity index (χ1v) is 12.9. The van der Waals surface area contributed by atoms with Crippen LogP contribution in [-0.4, -0.2) is 29.3 Å². The average molecular weight is 491 g/mol. The number of nitrogens with zero attached hydrogens (tertiary/aromatic N) is 2. The number of carbonyl (C=O) groups excluding carboxylic acids is 1. The van der Waals surface area contributed by atoms with Crippen LogP contribution in [0.4, 0.5) is 4.39 Å². The zero-order valence-corrected chi connectivity index (χ0v) is 19.6. The number of carbonyl (C=O) groups is 1. The van der Waals surface area contributed by atoms with E-state index in [1.807, 2.05) is 18.2 Å². The lowest BCUT2D eigenvalue weighted by atomic mass is 9.99. The molecule has 0 amide bonds. The van der Waals surface area contributed by atoms with E-state index < -0.39 is 15.7 Å². The SMILES string of the molecule is O=C(Cc1ccc2cncc(CO)c2c1)[C@@H]1CC1c1ccc(S(=O)(=O)Cc2ccc(F)cn2)cc1. The van der Waals surface area contributed by atoms with Gasteiger partial charge in [0.1, 0.15) is 11.6 Å². The maximum absolute atomic E-state index is 13.0. The fourth-order valence-corrected chi connectivity index (χ4v) is 5.73. The minimum Gasteiger partial charge on any atom is -0.392 e. The molecule has 0 bridgehead atoms. The summed E-state index contributed by atoms with van der Waals surface area (Å²) in [7, 11) is -3.62. The van der Waals surface area contributed by atoms with E-state index in [1.165, 1.54) is 12.1 Å². The highest BCUT2D eigenvalue weighted by Crippen LogP contribution is 2.48. The van der Waals surface area contributed by atoms with Gasteiger partial charge in [0.2, 0.25) is 0 Å². The van der Waals surface area contributed by atoms with Gasteiger partial charge in [0, 0.05) is 35.7 Å². The zero-order chi connectivity index (χ0) is 24.6. The molecule has 8 heteroatoms. The molecule has 1 unspecified atom stereocenters. The van der Waals surface area contributed by atoms with Crippen LogP contribution in [0.15, 0.2) is 78.1 Å². The van der Waals surface area contributed by atoms with E-state index in [2.05, 4.69) is 9.97 Å². The number of pyridine rings is 2. The summed E-state index contributed by atoms with van der Waals surface area (Å²) in [6, 6.07) is 15.0. The molecule has 2 atom stereocenters. The van der Waals surface area contributed by atoms with Crippen LogP contribution in [0.3, 0.4) is 0 Å². The quantitative estimate of drug-likeness (QED) is 0.399. The molecule has 6 nitrogen and oxygen atoms in total. The second-order valence-corrected chi connectivity index (χ2v) is 10.9. The monoisotopic (exact) mass is 490 g/mol. The van der Waals surface area contributed by atoms with Crippen molar-refractivity contribution in [3.8, 4) is 0 Å². The van der Waals surface area contributed by atoms with Gasteiger partial charge in [0.05, 0.1) is 29.1 Å². The third kappa shape index (κ3) is 4.99. The van der Waals surface area contributed by atoms with Crippen LogP contribution in [-0.2, 0) is 33.4 Å². The van der Waals surface area contributed by atoms with Crippen molar-refractivity contribution in [2.75, 3.05) is 0 Å². The normalized spacial score (nSPS) is 17.4.